The minimum Gasteiger partial charge on any atom is -0.322 e. The van der Waals surface area contributed by atoms with Crippen LogP contribution in [0.3, 0.4) is 0 Å². The molecule has 0 saturated carbocycles. The van der Waals surface area contributed by atoms with Gasteiger partial charge >= 0.3 is 6.01 Å². The fourth-order valence-electron chi connectivity index (χ4n) is 1.84. The first-order chi connectivity index (χ1) is 10.2. The molecule has 6 nitrogen and oxygen atoms in total. The summed E-state index contributed by atoms with van der Waals surface area (Å²) in [6.07, 6.45) is 4.98. The average molecular weight is 302 g/mol. The van der Waals surface area contributed by atoms with E-state index in [2.05, 4.69) is 20.1 Å². The maximum absolute atomic E-state index is 5.96. The summed E-state index contributed by atoms with van der Waals surface area (Å²) in [4.78, 5) is 14.4. The highest BCUT2D eigenvalue weighted by molar-refractivity contribution is 6.30. The van der Waals surface area contributed by atoms with Gasteiger partial charge in [-0.3, -0.25) is 9.97 Å². The summed E-state index contributed by atoms with van der Waals surface area (Å²) >= 11 is 5.96. The molecule has 0 fully saturated rings. The van der Waals surface area contributed by atoms with Crippen LogP contribution in [0.4, 0.5) is 6.01 Å². The smallest absolute Gasteiger partial charge is 0.322 e. The molecule has 0 radical (unpaired) electrons. The molecule has 0 saturated heterocycles. The third kappa shape index (κ3) is 3.17. The molecule has 0 amide bonds. The van der Waals surface area contributed by atoms with Gasteiger partial charge in [0.25, 0.3) is 0 Å². The van der Waals surface area contributed by atoms with Gasteiger partial charge in [-0.1, -0.05) is 28.9 Å². The molecule has 3 aromatic rings. The van der Waals surface area contributed by atoms with Gasteiger partial charge in [-0.15, -0.1) is 0 Å². The Morgan fingerprint density at radius 2 is 2.19 bits per heavy atom. The van der Waals surface area contributed by atoms with E-state index in [1.807, 2.05) is 24.1 Å². The number of hydrogen-bond donors (Lipinski definition) is 0. The highest BCUT2D eigenvalue weighted by Gasteiger charge is 2.13. The van der Waals surface area contributed by atoms with Gasteiger partial charge in [-0.2, -0.15) is 4.98 Å². The van der Waals surface area contributed by atoms with Crippen molar-refractivity contribution < 1.29 is 4.52 Å². The number of hydrogen-bond acceptors (Lipinski definition) is 6. The molecule has 0 unspecified atom stereocenters. The van der Waals surface area contributed by atoms with Gasteiger partial charge in [0, 0.05) is 30.0 Å². The number of aromatic nitrogens is 4. The highest BCUT2D eigenvalue weighted by Crippen LogP contribution is 2.22. The molecule has 1 aromatic carbocycles. The fourth-order valence-corrected chi connectivity index (χ4v) is 2.03. The Morgan fingerprint density at radius 3 is 2.95 bits per heavy atom. The van der Waals surface area contributed by atoms with Gasteiger partial charge in [0.2, 0.25) is 5.82 Å². The Balaban J connectivity index is 1.78. The van der Waals surface area contributed by atoms with Crippen molar-refractivity contribution in [2.45, 2.75) is 6.54 Å². The van der Waals surface area contributed by atoms with Gasteiger partial charge in [0.05, 0.1) is 18.4 Å². The van der Waals surface area contributed by atoms with E-state index in [1.165, 1.54) is 0 Å². The predicted octanol–water partition coefficient (Wildman–Crippen LogP) is 2.82. The second-order valence-electron chi connectivity index (χ2n) is 4.46. The van der Waals surface area contributed by atoms with Crippen LogP contribution in [0.1, 0.15) is 5.69 Å². The van der Waals surface area contributed by atoms with Crippen molar-refractivity contribution in [2.75, 3.05) is 11.9 Å². The molecular formula is C14H12ClN5O. The quantitative estimate of drug-likeness (QED) is 0.738. The molecular weight excluding hydrogens is 290 g/mol. The molecule has 0 aliphatic rings. The second kappa shape index (κ2) is 5.88. The van der Waals surface area contributed by atoms with Crippen molar-refractivity contribution in [1.82, 2.24) is 20.1 Å². The molecule has 0 aliphatic carbocycles. The highest BCUT2D eigenvalue weighted by atomic mass is 35.5. The molecule has 0 aliphatic heterocycles. The Morgan fingerprint density at radius 1 is 1.29 bits per heavy atom. The normalized spacial score (nSPS) is 10.6. The maximum Gasteiger partial charge on any atom is 0.324 e. The van der Waals surface area contributed by atoms with Gasteiger partial charge < -0.3 is 9.42 Å². The summed E-state index contributed by atoms with van der Waals surface area (Å²) in [6, 6.07) is 7.72. The SMILES string of the molecule is CN(Cc1cnccn1)c1nc(-c2cccc(Cl)c2)no1. The largest absolute Gasteiger partial charge is 0.324 e. The predicted molar refractivity (Wildman–Crippen MR) is 78.9 cm³/mol. The first-order valence-electron chi connectivity index (χ1n) is 6.28. The van der Waals surface area contributed by atoms with Crippen LogP contribution in [0, 0.1) is 0 Å². The molecule has 0 bridgehead atoms. The molecule has 0 spiro atoms. The lowest BCUT2D eigenvalue weighted by Crippen LogP contribution is -2.17. The van der Waals surface area contributed by atoms with Gasteiger partial charge in [0.1, 0.15) is 0 Å². The minimum absolute atomic E-state index is 0.413. The maximum atomic E-state index is 5.96. The standard InChI is InChI=1S/C14H12ClN5O/c1-20(9-12-8-16-5-6-17-12)14-18-13(19-21-14)10-3-2-4-11(15)7-10/h2-8H,9H2,1H3. The van der Waals surface area contributed by atoms with Crippen LogP contribution in [-0.4, -0.2) is 27.2 Å². The molecule has 21 heavy (non-hydrogen) atoms. The molecule has 2 aromatic heterocycles. The first-order valence-corrected chi connectivity index (χ1v) is 6.66. The van der Waals surface area contributed by atoms with E-state index >= 15 is 0 Å². The topological polar surface area (TPSA) is 67.9 Å². The van der Waals surface area contributed by atoms with Crippen LogP contribution in [0.15, 0.2) is 47.4 Å². The number of nitrogens with zero attached hydrogens (tertiary/aromatic N) is 5. The summed E-state index contributed by atoms with van der Waals surface area (Å²) in [5, 5.41) is 4.60. The third-order valence-corrected chi connectivity index (χ3v) is 3.08. The van der Waals surface area contributed by atoms with Gasteiger partial charge in [-0.25, -0.2) is 0 Å². The van der Waals surface area contributed by atoms with Crippen LogP contribution in [0.25, 0.3) is 11.4 Å². The zero-order valence-electron chi connectivity index (χ0n) is 11.3. The number of halogens is 1. The van der Waals surface area contributed by atoms with Crippen molar-refractivity contribution >= 4 is 17.6 Å². The fraction of sp³-hybridized carbons (Fsp3) is 0.143. The summed E-state index contributed by atoms with van der Waals surface area (Å²) < 4.78 is 5.27. The van der Waals surface area contributed by atoms with Crippen molar-refractivity contribution in [2.24, 2.45) is 0 Å². The lowest BCUT2D eigenvalue weighted by Gasteiger charge is -2.11. The third-order valence-electron chi connectivity index (χ3n) is 2.84. The molecule has 106 valence electrons. The summed E-state index contributed by atoms with van der Waals surface area (Å²) in [7, 11) is 1.85. The van der Waals surface area contributed by atoms with Crippen molar-refractivity contribution in [3.8, 4) is 11.4 Å². The van der Waals surface area contributed by atoms with Gasteiger partial charge in [0.15, 0.2) is 0 Å². The zero-order valence-corrected chi connectivity index (χ0v) is 12.0. The minimum atomic E-state index is 0.413. The van der Waals surface area contributed by atoms with Crippen molar-refractivity contribution in [1.29, 1.82) is 0 Å². The van der Waals surface area contributed by atoms with Crippen LogP contribution in [0.2, 0.25) is 5.02 Å². The number of anilines is 1. The zero-order chi connectivity index (χ0) is 14.7. The van der Waals surface area contributed by atoms with E-state index in [-0.39, 0.29) is 0 Å². The summed E-state index contributed by atoms with van der Waals surface area (Å²) in [5.74, 6) is 0.499. The Bertz CT molecular complexity index is 731. The van der Waals surface area contributed by atoms with E-state index in [1.54, 1.807) is 30.7 Å². The average Bonchev–Trinajstić information content (AvgIpc) is 2.98. The lowest BCUT2D eigenvalue weighted by atomic mass is 10.2. The molecule has 2 heterocycles. The van der Waals surface area contributed by atoms with Crippen molar-refractivity contribution in [3.63, 3.8) is 0 Å². The van der Waals surface area contributed by atoms with Gasteiger partial charge in [-0.05, 0) is 12.1 Å². The second-order valence-corrected chi connectivity index (χ2v) is 4.90. The van der Waals surface area contributed by atoms with E-state index in [0.717, 1.165) is 11.3 Å². The van der Waals surface area contributed by atoms with Crippen LogP contribution < -0.4 is 4.90 Å². The molecule has 0 atom stereocenters. The molecule has 7 heteroatoms. The van der Waals surface area contributed by atoms with Crippen LogP contribution in [0.5, 0.6) is 0 Å². The van der Waals surface area contributed by atoms with E-state index < -0.39 is 0 Å². The molecule has 3 rings (SSSR count). The number of benzene rings is 1. The van der Waals surface area contributed by atoms with E-state index in [9.17, 15) is 0 Å². The Kier molecular flexibility index (Phi) is 3.79. The summed E-state index contributed by atoms with van der Waals surface area (Å²) in [6.45, 7) is 0.533. The summed E-state index contributed by atoms with van der Waals surface area (Å²) in [5.41, 5.74) is 1.63. The first kappa shape index (κ1) is 13.5. The van der Waals surface area contributed by atoms with Crippen LogP contribution in [-0.2, 0) is 6.54 Å². The molecule has 0 N–H and O–H groups in total. The van der Waals surface area contributed by atoms with E-state index in [0.29, 0.717) is 23.4 Å². The Hall–Kier alpha value is -2.47. The van der Waals surface area contributed by atoms with Crippen molar-refractivity contribution in [3.05, 3.63) is 53.6 Å². The lowest BCUT2D eigenvalue weighted by molar-refractivity contribution is 0.418. The monoisotopic (exact) mass is 301 g/mol. The van der Waals surface area contributed by atoms with E-state index in [4.69, 9.17) is 16.1 Å². The Labute approximate surface area is 126 Å². The van der Waals surface area contributed by atoms with Crippen LogP contribution >= 0.6 is 11.6 Å². The number of rotatable bonds is 4.